The van der Waals surface area contributed by atoms with Crippen molar-refractivity contribution in [3.63, 3.8) is 0 Å². The molecule has 0 bridgehead atoms. The molecule has 0 unspecified atom stereocenters. The smallest absolute Gasteiger partial charge is 0.225 e. The van der Waals surface area contributed by atoms with Crippen LogP contribution >= 0.6 is 0 Å². The minimum atomic E-state index is -0.963. The van der Waals surface area contributed by atoms with Gasteiger partial charge >= 0.3 is 0 Å². The Morgan fingerprint density at radius 3 is 2.65 bits per heavy atom. The van der Waals surface area contributed by atoms with Crippen LogP contribution in [0.5, 0.6) is 0 Å². The number of piperidine rings is 1. The molecule has 6 heteroatoms. The summed E-state index contributed by atoms with van der Waals surface area (Å²) in [6, 6.07) is 0.272. The molecule has 1 saturated heterocycles. The number of hydrogen-bond acceptors (Lipinski definition) is 4. The summed E-state index contributed by atoms with van der Waals surface area (Å²) in [5.41, 5.74) is -0.369. The molecular weight excluding hydrogens is 292 g/mol. The van der Waals surface area contributed by atoms with Crippen LogP contribution in [-0.2, 0) is 10.4 Å². The molecule has 2 heterocycles. The first-order chi connectivity index (χ1) is 10.9. The number of rotatable bonds is 5. The Kier molecular flexibility index (Phi) is 4.45. The fraction of sp³-hybridized carbons (Fsp3) is 0.824. The molecule has 1 amide bonds. The number of aromatic nitrogens is 3. The highest BCUT2D eigenvalue weighted by atomic mass is 16.3. The Morgan fingerprint density at radius 1 is 1.39 bits per heavy atom. The molecule has 1 saturated carbocycles. The molecule has 1 aliphatic carbocycles. The highest BCUT2D eigenvalue weighted by Crippen LogP contribution is 2.43. The number of nitrogens with zero attached hydrogens (tertiary/aromatic N) is 4. The van der Waals surface area contributed by atoms with Crippen molar-refractivity contribution in [3.05, 3.63) is 11.9 Å². The van der Waals surface area contributed by atoms with Crippen molar-refractivity contribution in [1.82, 2.24) is 19.9 Å². The Hall–Kier alpha value is -1.43. The summed E-state index contributed by atoms with van der Waals surface area (Å²) in [5.74, 6) is 1.28. The van der Waals surface area contributed by atoms with Gasteiger partial charge in [0.25, 0.3) is 0 Å². The van der Waals surface area contributed by atoms with Gasteiger partial charge in [-0.3, -0.25) is 4.79 Å². The zero-order chi connectivity index (χ0) is 16.6. The summed E-state index contributed by atoms with van der Waals surface area (Å²) >= 11 is 0. The maximum atomic E-state index is 12.5. The fourth-order valence-corrected chi connectivity index (χ4v) is 3.56. The van der Waals surface area contributed by atoms with Crippen LogP contribution in [0.3, 0.4) is 0 Å². The van der Waals surface area contributed by atoms with Gasteiger partial charge in [0.2, 0.25) is 5.91 Å². The quantitative estimate of drug-likeness (QED) is 0.902. The number of carbonyl (C=O) groups excluding carboxylic acids is 1. The van der Waals surface area contributed by atoms with Gasteiger partial charge in [0.15, 0.2) is 0 Å². The summed E-state index contributed by atoms with van der Waals surface area (Å²) in [7, 11) is 0. The van der Waals surface area contributed by atoms with Crippen molar-refractivity contribution in [2.75, 3.05) is 13.1 Å². The maximum absolute atomic E-state index is 12.5. The van der Waals surface area contributed by atoms with E-state index in [1.54, 1.807) is 13.8 Å². The van der Waals surface area contributed by atoms with Crippen molar-refractivity contribution in [3.8, 4) is 0 Å². The van der Waals surface area contributed by atoms with E-state index in [-0.39, 0.29) is 6.04 Å². The second-order valence-electron chi connectivity index (χ2n) is 7.59. The fourth-order valence-electron chi connectivity index (χ4n) is 3.56. The first-order valence-electron chi connectivity index (χ1n) is 8.83. The van der Waals surface area contributed by atoms with Crippen LogP contribution in [-0.4, -0.2) is 44.0 Å². The van der Waals surface area contributed by atoms with E-state index in [0.29, 0.717) is 23.4 Å². The van der Waals surface area contributed by atoms with E-state index in [9.17, 15) is 9.90 Å². The lowest BCUT2D eigenvalue weighted by atomic mass is 10.0. The van der Waals surface area contributed by atoms with Gasteiger partial charge in [-0.05, 0) is 45.4 Å². The highest BCUT2D eigenvalue weighted by molar-refractivity contribution is 5.81. The summed E-state index contributed by atoms with van der Waals surface area (Å²) in [5, 5.41) is 18.2. The molecule has 0 radical (unpaired) electrons. The maximum Gasteiger partial charge on any atom is 0.225 e. The molecule has 6 nitrogen and oxygen atoms in total. The summed E-state index contributed by atoms with van der Waals surface area (Å²) in [4.78, 5) is 14.5. The van der Waals surface area contributed by atoms with Crippen LogP contribution < -0.4 is 0 Å². The Morgan fingerprint density at radius 2 is 2.09 bits per heavy atom. The van der Waals surface area contributed by atoms with Gasteiger partial charge < -0.3 is 10.0 Å². The molecule has 1 N–H and O–H groups in total. The zero-order valence-corrected chi connectivity index (χ0v) is 14.4. The number of carbonyl (C=O) groups is 1. The molecule has 128 valence electrons. The molecule has 0 spiro atoms. The molecule has 2 fully saturated rings. The summed E-state index contributed by atoms with van der Waals surface area (Å²) in [6.45, 7) is 7.22. The van der Waals surface area contributed by atoms with Gasteiger partial charge in [0.05, 0.1) is 12.2 Å². The average Bonchev–Trinajstić information content (AvgIpc) is 3.09. The van der Waals surface area contributed by atoms with Crippen LogP contribution in [0.15, 0.2) is 6.20 Å². The zero-order valence-electron chi connectivity index (χ0n) is 14.4. The Bertz CT molecular complexity index is 555. The summed E-state index contributed by atoms with van der Waals surface area (Å²) in [6.07, 6.45) is 7.10. The van der Waals surface area contributed by atoms with Crippen LogP contribution in [0, 0.1) is 11.8 Å². The van der Waals surface area contributed by atoms with Gasteiger partial charge in [0, 0.05) is 19.0 Å². The lowest BCUT2D eigenvalue weighted by Crippen LogP contribution is -2.40. The lowest BCUT2D eigenvalue weighted by molar-refractivity contribution is -0.134. The van der Waals surface area contributed by atoms with Gasteiger partial charge in [-0.1, -0.05) is 18.6 Å². The Labute approximate surface area is 137 Å². The monoisotopic (exact) mass is 320 g/mol. The van der Waals surface area contributed by atoms with E-state index < -0.39 is 5.60 Å². The van der Waals surface area contributed by atoms with E-state index in [4.69, 9.17) is 0 Å². The van der Waals surface area contributed by atoms with Crippen LogP contribution in [0.2, 0.25) is 0 Å². The van der Waals surface area contributed by atoms with Crippen molar-refractivity contribution in [2.45, 2.75) is 64.5 Å². The van der Waals surface area contributed by atoms with E-state index in [1.807, 2.05) is 15.8 Å². The van der Waals surface area contributed by atoms with E-state index >= 15 is 0 Å². The summed E-state index contributed by atoms with van der Waals surface area (Å²) < 4.78 is 1.85. The van der Waals surface area contributed by atoms with Gasteiger partial charge in [0.1, 0.15) is 11.3 Å². The van der Waals surface area contributed by atoms with Crippen LogP contribution in [0.25, 0.3) is 0 Å². The van der Waals surface area contributed by atoms with Gasteiger partial charge in [-0.25, -0.2) is 4.68 Å². The molecule has 23 heavy (non-hydrogen) atoms. The molecule has 1 aromatic rings. The van der Waals surface area contributed by atoms with Crippen molar-refractivity contribution in [1.29, 1.82) is 0 Å². The van der Waals surface area contributed by atoms with E-state index in [2.05, 4.69) is 17.2 Å². The third-order valence-electron chi connectivity index (χ3n) is 5.19. The minimum Gasteiger partial charge on any atom is -0.384 e. The SMILES string of the molecule is CCC[C@H]1C[C@H]1C(=O)N1CCC(n2cc(C(C)(C)O)nn2)CC1. The first-order valence-corrected chi connectivity index (χ1v) is 8.83. The molecule has 0 aromatic carbocycles. The third-order valence-corrected chi connectivity index (χ3v) is 5.19. The molecule has 1 aromatic heterocycles. The minimum absolute atomic E-state index is 0.272. The van der Waals surface area contributed by atoms with Crippen LogP contribution in [0.4, 0.5) is 0 Å². The molecule has 1 aliphatic heterocycles. The second-order valence-corrected chi connectivity index (χ2v) is 7.59. The first kappa shape index (κ1) is 16.4. The Balaban J connectivity index is 1.53. The largest absolute Gasteiger partial charge is 0.384 e. The standard InChI is InChI=1S/C17H28N4O2/c1-4-5-12-10-14(12)16(22)20-8-6-13(7-9-20)21-11-15(18-19-21)17(2,3)23/h11-14,23H,4-10H2,1-3H3/t12-,14+/m0/s1. The average molecular weight is 320 g/mol. The van der Waals surface area contributed by atoms with Gasteiger partial charge in [-0.15, -0.1) is 5.10 Å². The predicted molar refractivity (Wildman–Crippen MR) is 86.6 cm³/mol. The topological polar surface area (TPSA) is 71.2 Å². The second kappa shape index (κ2) is 6.23. The lowest BCUT2D eigenvalue weighted by Gasteiger charge is -2.32. The van der Waals surface area contributed by atoms with Crippen molar-refractivity contribution in [2.24, 2.45) is 11.8 Å². The van der Waals surface area contributed by atoms with Gasteiger partial charge in [-0.2, -0.15) is 0 Å². The van der Waals surface area contributed by atoms with Crippen LogP contribution in [0.1, 0.15) is 64.6 Å². The molecular formula is C17H28N4O2. The number of likely N-dealkylation sites (tertiary alicyclic amines) is 1. The van der Waals surface area contributed by atoms with E-state index in [1.165, 1.54) is 12.8 Å². The normalized spacial score (nSPS) is 25.7. The third kappa shape index (κ3) is 3.57. The van der Waals surface area contributed by atoms with E-state index in [0.717, 1.165) is 32.4 Å². The number of aliphatic hydroxyl groups is 1. The highest BCUT2D eigenvalue weighted by Gasteiger charge is 2.44. The molecule has 2 atom stereocenters. The molecule has 2 aliphatic rings. The number of hydrogen-bond donors (Lipinski definition) is 1. The predicted octanol–water partition coefficient (Wildman–Crippen LogP) is 2.11. The molecule has 3 rings (SSSR count). The van der Waals surface area contributed by atoms with Crippen molar-refractivity contribution < 1.29 is 9.90 Å². The number of amides is 1. The van der Waals surface area contributed by atoms with Crippen molar-refractivity contribution >= 4 is 5.91 Å².